The van der Waals surface area contributed by atoms with E-state index in [1.807, 2.05) is 6.92 Å². The van der Waals surface area contributed by atoms with Gasteiger partial charge in [0.2, 0.25) is 5.91 Å². The molecule has 4 rings (SSSR count). The molecule has 3 N–H and O–H groups in total. The second-order valence-electron chi connectivity index (χ2n) is 9.07. The zero-order valence-electron chi connectivity index (χ0n) is 18.8. The molecule has 0 saturated carbocycles. The highest BCUT2D eigenvalue weighted by Gasteiger charge is 2.42. The largest absolute Gasteiger partial charge is 0.469 e. The Labute approximate surface area is 183 Å². The molecule has 2 aromatic rings. The van der Waals surface area contributed by atoms with E-state index in [4.69, 9.17) is 10.5 Å². The number of hydrogen-bond donors (Lipinski definition) is 2. The number of aromatic amines is 1. The number of H-pyrrole nitrogens is 1. The van der Waals surface area contributed by atoms with Crippen LogP contribution in [0, 0.1) is 5.92 Å². The molecule has 0 radical (unpaired) electrons. The molecule has 168 valence electrons. The van der Waals surface area contributed by atoms with E-state index in [0.29, 0.717) is 25.0 Å². The molecule has 2 unspecified atom stereocenters. The van der Waals surface area contributed by atoms with Crippen LogP contribution in [0.1, 0.15) is 43.2 Å². The monoisotopic (exact) mass is 426 g/mol. The number of carbonyl (C=O) groups excluding carboxylic acids is 2. The normalized spacial score (nSPS) is 23.9. The molecule has 1 saturated heterocycles. The number of nitrogens with zero attached hydrogens (tertiary/aromatic N) is 2. The first-order chi connectivity index (χ1) is 14.9. The minimum Gasteiger partial charge on any atom is -0.469 e. The van der Waals surface area contributed by atoms with Gasteiger partial charge in [-0.15, -0.1) is 0 Å². The number of esters is 1. The maximum atomic E-state index is 13.3. The van der Waals surface area contributed by atoms with Gasteiger partial charge in [-0.3, -0.25) is 9.59 Å². The lowest BCUT2D eigenvalue weighted by Crippen LogP contribution is -2.56. The molecule has 7 nitrogen and oxygen atoms in total. The van der Waals surface area contributed by atoms with Crippen LogP contribution in [0.3, 0.4) is 0 Å². The number of likely N-dealkylation sites (tertiary alicyclic amines) is 1. The van der Waals surface area contributed by atoms with E-state index in [9.17, 15) is 9.59 Å². The molecule has 1 aromatic carbocycles. The fourth-order valence-electron chi connectivity index (χ4n) is 5.59. The van der Waals surface area contributed by atoms with E-state index < -0.39 is 6.04 Å². The van der Waals surface area contributed by atoms with Crippen LogP contribution in [0.5, 0.6) is 0 Å². The smallest absolute Gasteiger partial charge is 0.307 e. The van der Waals surface area contributed by atoms with Gasteiger partial charge in [-0.05, 0) is 49.4 Å². The summed E-state index contributed by atoms with van der Waals surface area (Å²) in [6, 6.07) is 6.34. The van der Waals surface area contributed by atoms with Crippen LogP contribution in [0.25, 0.3) is 10.9 Å². The van der Waals surface area contributed by atoms with Crippen molar-refractivity contribution in [3.63, 3.8) is 0 Å². The number of nitrogens with one attached hydrogen (secondary N) is 1. The molecular weight excluding hydrogens is 392 g/mol. The van der Waals surface area contributed by atoms with Crippen LogP contribution in [0.2, 0.25) is 0 Å². The van der Waals surface area contributed by atoms with E-state index in [2.05, 4.69) is 41.3 Å². The molecular formula is C24H34N4O3. The minimum atomic E-state index is -0.570. The number of nitrogens with two attached hydrogens (primary N) is 1. The van der Waals surface area contributed by atoms with Crippen molar-refractivity contribution < 1.29 is 14.3 Å². The number of ether oxygens (including phenoxy) is 1. The second-order valence-corrected chi connectivity index (χ2v) is 9.07. The van der Waals surface area contributed by atoms with Gasteiger partial charge < -0.3 is 25.3 Å². The molecule has 1 fully saturated rings. The van der Waals surface area contributed by atoms with Gasteiger partial charge in [0.25, 0.3) is 0 Å². The summed E-state index contributed by atoms with van der Waals surface area (Å²) < 4.78 is 4.74. The summed E-state index contributed by atoms with van der Waals surface area (Å²) >= 11 is 0. The molecule has 7 heteroatoms. The van der Waals surface area contributed by atoms with Gasteiger partial charge in [-0.25, -0.2) is 0 Å². The average Bonchev–Trinajstić information content (AvgIpc) is 3.20. The van der Waals surface area contributed by atoms with E-state index in [-0.39, 0.29) is 24.2 Å². The van der Waals surface area contributed by atoms with Gasteiger partial charge in [0.05, 0.1) is 19.6 Å². The van der Waals surface area contributed by atoms with Crippen molar-refractivity contribution in [2.24, 2.45) is 11.7 Å². The maximum Gasteiger partial charge on any atom is 0.307 e. The summed E-state index contributed by atoms with van der Waals surface area (Å²) in [5.74, 6) is 0.0792. The van der Waals surface area contributed by atoms with Crippen molar-refractivity contribution >= 4 is 22.8 Å². The van der Waals surface area contributed by atoms with E-state index >= 15 is 0 Å². The first kappa shape index (κ1) is 21.8. The number of aromatic nitrogens is 1. The van der Waals surface area contributed by atoms with Crippen LogP contribution in [-0.2, 0) is 20.7 Å². The minimum absolute atomic E-state index is 0.0565. The van der Waals surface area contributed by atoms with Gasteiger partial charge >= 0.3 is 5.97 Å². The van der Waals surface area contributed by atoms with Crippen molar-refractivity contribution in [3.05, 3.63) is 35.5 Å². The van der Waals surface area contributed by atoms with Crippen molar-refractivity contribution in [3.8, 4) is 0 Å². The number of rotatable bonds is 7. The van der Waals surface area contributed by atoms with E-state index in [0.717, 1.165) is 25.8 Å². The van der Waals surface area contributed by atoms with Crippen molar-refractivity contribution in [2.75, 3.05) is 33.8 Å². The molecule has 4 atom stereocenters. The summed E-state index contributed by atoms with van der Waals surface area (Å²) in [4.78, 5) is 32.4. The topological polar surface area (TPSA) is 91.7 Å². The number of methoxy groups -OCH3 is 1. The Morgan fingerprint density at radius 3 is 2.90 bits per heavy atom. The second kappa shape index (κ2) is 9.01. The first-order valence-electron chi connectivity index (χ1n) is 11.3. The lowest BCUT2D eigenvalue weighted by atomic mass is 9.71. The third kappa shape index (κ3) is 4.08. The van der Waals surface area contributed by atoms with Gasteiger partial charge in [-0.2, -0.15) is 0 Å². The Kier molecular flexibility index (Phi) is 6.34. The fourth-order valence-corrected chi connectivity index (χ4v) is 5.59. The van der Waals surface area contributed by atoms with Crippen LogP contribution in [-0.4, -0.2) is 72.5 Å². The van der Waals surface area contributed by atoms with Crippen LogP contribution in [0.15, 0.2) is 24.4 Å². The molecule has 0 bridgehead atoms. The Hall–Kier alpha value is -2.38. The Morgan fingerprint density at radius 1 is 1.35 bits per heavy atom. The number of likely N-dealkylation sites (N-methyl/N-ethyl adjacent to an activating group) is 1. The number of hydrogen-bond acceptors (Lipinski definition) is 5. The quantitative estimate of drug-likeness (QED) is 0.663. The van der Waals surface area contributed by atoms with E-state index in [1.165, 1.54) is 29.1 Å². The Morgan fingerprint density at radius 2 is 2.16 bits per heavy atom. The van der Waals surface area contributed by atoms with E-state index in [1.54, 1.807) is 4.90 Å². The fraction of sp³-hybridized carbons (Fsp3) is 0.583. The molecule has 1 aromatic heterocycles. The summed E-state index contributed by atoms with van der Waals surface area (Å²) in [5, 5.41) is 1.35. The molecule has 1 aliphatic heterocycles. The summed E-state index contributed by atoms with van der Waals surface area (Å²) in [6.45, 7) is 3.79. The lowest BCUT2D eigenvalue weighted by molar-refractivity contribution is -0.142. The summed E-state index contributed by atoms with van der Waals surface area (Å²) in [7, 11) is 3.52. The van der Waals surface area contributed by atoms with Gasteiger partial charge in [-0.1, -0.05) is 19.1 Å². The molecule has 2 heterocycles. The number of amides is 1. The Bertz CT molecular complexity index is 955. The molecule has 2 aliphatic rings. The average molecular weight is 427 g/mol. The standard InChI is InChI=1S/C24H34N4O3/c1-4-9-28(10-8-21(29)31-3)24(30)23(25)16-11-18-17-6-5-7-19-22(17)15(13-26-19)12-20(18)27(2)14-16/h5-7,13,16,18,20,23,26H,4,8-12,14,25H2,1-3H3/t16?,18-,20-,23?/m1/s1. The van der Waals surface area contributed by atoms with Gasteiger partial charge in [0, 0.05) is 48.7 Å². The maximum absolute atomic E-state index is 13.3. The van der Waals surface area contributed by atoms with Crippen LogP contribution in [0.4, 0.5) is 0 Å². The third-order valence-electron chi connectivity index (χ3n) is 7.17. The summed E-state index contributed by atoms with van der Waals surface area (Å²) in [5.41, 5.74) is 10.5. The van der Waals surface area contributed by atoms with Gasteiger partial charge in [0.1, 0.15) is 0 Å². The predicted molar refractivity (Wildman–Crippen MR) is 121 cm³/mol. The lowest BCUT2D eigenvalue weighted by Gasteiger charge is -2.47. The number of benzene rings is 1. The third-order valence-corrected chi connectivity index (χ3v) is 7.17. The van der Waals surface area contributed by atoms with Gasteiger partial charge in [0.15, 0.2) is 0 Å². The zero-order chi connectivity index (χ0) is 22.1. The Balaban J connectivity index is 1.53. The highest BCUT2D eigenvalue weighted by Crippen LogP contribution is 2.44. The van der Waals surface area contributed by atoms with Crippen molar-refractivity contribution in [1.82, 2.24) is 14.8 Å². The molecule has 0 spiro atoms. The van der Waals surface area contributed by atoms with Crippen LogP contribution >= 0.6 is 0 Å². The summed E-state index contributed by atoms with van der Waals surface area (Å²) in [6.07, 6.45) is 5.09. The number of piperidine rings is 1. The zero-order valence-corrected chi connectivity index (χ0v) is 18.8. The highest BCUT2D eigenvalue weighted by atomic mass is 16.5. The van der Waals surface area contributed by atoms with Crippen LogP contribution < -0.4 is 5.73 Å². The van der Waals surface area contributed by atoms with Crippen molar-refractivity contribution in [2.45, 2.75) is 50.6 Å². The SMILES string of the molecule is CCCN(CCC(=O)OC)C(=O)C(N)C1C[C@@H]2c3cccc4[nH]cc(c34)C[C@H]2N(C)C1. The highest BCUT2D eigenvalue weighted by molar-refractivity contribution is 5.88. The van der Waals surface area contributed by atoms with Crippen molar-refractivity contribution in [1.29, 1.82) is 0 Å². The molecule has 1 aliphatic carbocycles. The number of fused-ring (bicyclic) bond motifs is 2. The molecule has 1 amide bonds. The predicted octanol–water partition coefficient (Wildman–Crippen LogP) is 2.26. The molecule has 31 heavy (non-hydrogen) atoms. The first-order valence-corrected chi connectivity index (χ1v) is 11.3. The number of carbonyl (C=O) groups is 2.